The highest BCUT2D eigenvalue weighted by Crippen LogP contribution is 2.35. The van der Waals surface area contributed by atoms with Crippen LogP contribution in [-0.2, 0) is 22.5 Å². The lowest BCUT2D eigenvalue weighted by Crippen LogP contribution is -2.56. The number of amides is 1. The van der Waals surface area contributed by atoms with Gasteiger partial charge in [-0.1, -0.05) is 24.8 Å². The number of aromatic nitrogens is 3. The maximum absolute atomic E-state index is 12.5. The predicted molar refractivity (Wildman–Crippen MR) is 162 cm³/mol. The van der Waals surface area contributed by atoms with E-state index in [1.807, 2.05) is 19.3 Å². The normalized spacial score (nSPS) is 19.3. The van der Waals surface area contributed by atoms with Crippen LogP contribution >= 0.6 is 0 Å². The van der Waals surface area contributed by atoms with Crippen LogP contribution in [-0.4, -0.2) is 83.3 Å². The zero-order valence-corrected chi connectivity index (χ0v) is 24.3. The fourth-order valence-corrected chi connectivity index (χ4v) is 5.99. The maximum atomic E-state index is 12.5. The van der Waals surface area contributed by atoms with Crippen LogP contribution in [0.2, 0.25) is 0 Å². The lowest BCUT2D eigenvalue weighted by Gasteiger charge is -2.41. The Labute approximate surface area is 246 Å². The largest absolute Gasteiger partial charge is 0.458 e. The van der Waals surface area contributed by atoms with E-state index in [9.17, 15) is 4.79 Å². The molecule has 10 nitrogen and oxygen atoms in total. The molecule has 2 fully saturated rings. The average molecular weight is 568 g/mol. The lowest BCUT2D eigenvalue weighted by molar-refractivity contribution is -0.128. The number of carbonyl (C=O) groups excluding carboxylic acids is 1. The van der Waals surface area contributed by atoms with Gasteiger partial charge in [0.15, 0.2) is 0 Å². The summed E-state index contributed by atoms with van der Waals surface area (Å²) < 4.78 is 12.1. The third kappa shape index (κ3) is 5.74. The molecule has 1 saturated carbocycles. The Kier molecular flexibility index (Phi) is 7.94. The number of piperazine rings is 1. The maximum Gasteiger partial charge on any atom is 0.319 e. The van der Waals surface area contributed by atoms with Gasteiger partial charge in [-0.3, -0.25) is 9.78 Å². The van der Waals surface area contributed by atoms with E-state index in [0.717, 1.165) is 54.0 Å². The standard InChI is InChI=1S/C32H37N7O3/c1-5-29(40)39-14-13-38(18-24(39)16-33-4)31-26-11-12-37(28-17-34-15-23-8-6-7-21(2)30(23)28)19-27(26)35-32(36-31)42-22(3)20-41-25-9-10-25/h5-8,15,17,22,24-25H,1,9-14,16,18-20H2,2-3H3/t22-,24+/m1/s1. The van der Waals surface area contributed by atoms with Crippen LogP contribution in [0.1, 0.15) is 36.6 Å². The summed E-state index contributed by atoms with van der Waals surface area (Å²) in [6.45, 7) is 19.0. The van der Waals surface area contributed by atoms with Crippen LogP contribution in [0.3, 0.4) is 0 Å². The van der Waals surface area contributed by atoms with E-state index in [2.05, 4.69) is 51.3 Å². The van der Waals surface area contributed by atoms with Crippen molar-refractivity contribution in [2.75, 3.05) is 49.1 Å². The van der Waals surface area contributed by atoms with Crippen LogP contribution in [0.25, 0.3) is 15.6 Å². The molecule has 2 aliphatic heterocycles. The van der Waals surface area contributed by atoms with Crippen LogP contribution < -0.4 is 14.5 Å². The first kappa shape index (κ1) is 27.9. The molecule has 218 valence electrons. The van der Waals surface area contributed by atoms with Crippen LogP contribution in [0.15, 0.2) is 43.2 Å². The molecule has 6 rings (SSSR count). The molecule has 0 radical (unpaired) electrons. The van der Waals surface area contributed by atoms with Gasteiger partial charge in [0.05, 0.1) is 36.8 Å². The molecule has 2 atom stereocenters. The van der Waals surface area contributed by atoms with Crippen molar-refractivity contribution in [2.24, 2.45) is 0 Å². The molecule has 4 heterocycles. The first-order valence-corrected chi connectivity index (χ1v) is 14.7. The minimum Gasteiger partial charge on any atom is -0.458 e. The van der Waals surface area contributed by atoms with Crippen molar-refractivity contribution in [2.45, 2.75) is 57.9 Å². The molecule has 0 unspecified atom stereocenters. The van der Waals surface area contributed by atoms with Crippen molar-refractivity contribution in [3.63, 3.8) is 0 Å². The van der Waals surface area contributed by atoms with Crippen LogP contribution in [0.5, 0.6) is 6.01 Å². The van der Waals surface area contributed by atoms with Gasteiger partial charge in [0.25, 0.3) is 0 Å². The highest BCUT2D eigenvalue weighted by atomic mass is 16.5. The second kappa shape index (κ2) is 11.9. The molecule has 1 saturated heterocycles. The summed E-state index contributed by atoms with van der Waals surface area (Å²) in [5, 5.41) is 2.32. The minimum absolute atomic E-state index is 0.142. The van der Waals surface area contributed by atoms with Gasteiger partial charge in [0.1, 0.15) is 18.0 Å². The molecule has 2 aromatic heterocycles. The smallest absolute Gasteiger partial charge is 0.319 e. The molecule has 0 N–H and O–H groups in total. The van der Waals surface area contributed by atoms with Gasteiger partial charge in [-0.05, 0) is 44.7 Å². The van der Waals surface area contributed by atoms with Gasteiger partial charge >= 0.3 is 6.01 Å². The van der Waals surface area contributed by atoms with Gasteiger partial charge < -0.3 is 29.0 Å². The van der Waals surface area contributed by atoms with Gasteiger partial charge in [0, 0.05) is 48.7 Å². The molecule has 1 aliphatic carbocycles. The summed E-state index contributed by atoms with van der Waals surface area (Å²) in [5.41, 5.74) is 4.33. The number of ether oxygens (including phenoxy) is 2. The number of aryl methyl sites for hydroxylation is 1. The number of hydrogen-bond donors (Lipinski definition) is 0. The summed E-state index contributed by atoms with van der Waals surface area (Å²) >= 11 is 0. The third-order valence-corrected chi connectivity index (χ3v) is 8.27. The van der Waals surface area contributed by atoms with E-state index in [-0.39, 0.29) is 24.6 Å². The molecule has 10 heteroatoms. The topological polar surface area (TPSA) is 88.3 Å². The SMILES string of the molecule is [C-]#[N+]C[C@H]1CN(c2nc(O[C@H](C)COC3CC3)nc3c2CCN(c2cncc4cccc(C)c24)C3)CCN1C(=O)C=C. The molecule has 0 spiro atoms. The van der Waals surface area contributed by atoms with E-state index < -0.39 is 0 Å². The lowest BCUT2D eigenvalue weighted by atomic mass is 10.0. The average Bonchev–Trinajstić information content (AvgIpc) is 3.84. The van der Waals surface area contributed by atoms with E-state index in [1.165, 1.54) is 17.0 Å². The highest BCUT2D eigenvalue weighted by Gasteiger charge is 2.35. The Hall–Kier alpha value is -4.23. The van der Waals surface area contributed by atoms with E-state index in [4.69, 9.17) is 26.0 Å². The van der Waals surface area contributed by atoms with Gasteiger partial charge in [-0.25, -0.2) is 6.57 Å². The number of hydrogen-bond acceptors (Lipinski definition) is 8. The fourth-order valence-electron chi connectivity index (χ4n) is 5.99. The van der Waals surface area contributed by atoms with Crippen molar-refractivity contribution in [3.05, 3.63) is 71.5 Å². The molecule has 42 heavy (non-hydrogen) atoms. The van der Waals surface area contributed by atoms with Crippen LogP contribution in [0.4, 0.5) is 11.5 Å². The van der Waals surface area contributed by atoms with Gasteiger partial charge in [-0.2, -0.15) is 9.97 Å². The second-order valence-electron chi connectivity index (χ2n) is 11.4. The molecule has 1 amide bonds. The number of anilines is 2. The van der Waals surface area contributed by atoms with E-state index >= 15 is 0 Å². The zero-order valence-electron chi connectivity index (χ0n) is 24.3. The molecule has 3 aliphatic rings. The Bertz CT molecular complexity index is 1530. The summed E-state index contributed by atoms with van der Waals surface area (Å²) in [5.74, 6) is 0.689. The molecular weight excluding hydrogens is 530 g/mol. The quantitative estimate of drug-likeness (QED) is 0.284. The summed E-state index contributed by atoms with van der Waals surface area (Å²) in [4.78, 5) is 36.9. The van der Waals surface area contributed by atoms with Gasteiger partial charge in [0.2, 0.25) is 12.5 Å². The Morgan fingerprint density at radius 2 is 2.07 bits per heavy atom. The number of nitrogens with zero attached hydrogens (tertiary/aromatic N) is 7. The van der Waals surface area contributed by atoms with E-state index in [0.29, 0.717) is 44.9 Å². The van der Waals surface area contributed by atoms with Crippen molar-refractivity contribution >= 4 is 28.2 Å². The minimum atomic E-state index is -0.243. The monoisotopic (exact) mass is 567 g/mol. The number of carbonyl (C=O) groups is 1. The van der Waals surface area contributed by atoms with Crippen molar-refractivity contribution in [1.29, 1.82) is 0 Å². The Balaban J connectivity index is 1.33. The fraction of sp³-hybridized carbons (Fsp3) is 0.469. The molecule has 0 bridgehead atoms. The highest BCUT2D eigenvalue weighted by molar-refractivity contribution is 5.96. The zero-order chi connectivity index (χ0) is 29.2. The summed E-state index contributed by atoms with van der Waals surface area (Å²) in [7, 11) is 0. The first-order valence-electron chi connectivity index (χ1n) is 14.7. The first-order chi connectivity index (χ1) is 20.4. The summed E-state index contributed by atoms with van der Waals surface area (Å²) in [6.07, 6.45) is 8.31. The van der Waals surface area contributed by atoms with Gasteiger partial charge in [-0.15, -0.1) is 0 Å². The van der Waals surface area contributed by atoms with Crippen molar-refractivity contribution in [3.8, 4) is 6.01 Å². The predicted octanol–water partition coefficient (Wildman–Crippen LogP) is 3.96. The molecule has 1 aromatic carbocycles. The number of fused-ring (bicyclic) bond motifs is 2. The van der Waals surface area contributed by atoms with Crippen LogP contribution in [0, 0.1) is 13.5 Å². The third-order valence-electron chi connectivity index (χ3n) is 8.27. The van der Waals surface area contributed by atoms with Crippen molar-refractivity contribution in [1.82, 2.24) is 19.9 Å². The van der Waals surface area contributed by atoms with E-state index in [1.54, 1.807) is 4.90 Å². The number of pyridine rings is 1. The second-order valence-corrected chi connectivity index (χ2v) is 11.4. The molecule has 3 aromatic rings. The Morgan fingerprint density at radius 1 is 1.21 bits per heavy atom. The summed E-state index contributed by atoms with van der Waals surface area (Å²) in [6, 6.07) is 6.39. The molecular formula is C32H37N7O3. The van der Waals surface area contributed by atoms with Crippen molar-refractivity contribution < 1.29 is 14.3 Å². The number of rotatable bonds is 9. The Morgan fingerprint density at radius 3 is 2.86 bits per heavy atom. The number of benzene rings is 1.